The van der Waals surface area contributed by atoms with Crippen molar-refractivity contribution in [2.45, 2.75) is 13.5 Å². The van der Waals surface area contributed by atoms with E-state index in [2.05, 4.69) is 38.4 Å². The van der Waals surface area contributed by atoms with Crippen LogP contribution in [0.25, 0.3) is 0 Å². The highest BCUT2D eigenvalue weighted by atomic mass is 79.9. The minimum Gasteiger partial charge on any atom is -1.00 e. The van der Waals surface area contributed by atoms with Gasteiger partial charge in [-0.25, -0.2) is 0 Å². The average Bonchev–Trinajstić information content (AvgIpc) is 2.39. The molecule has 0 unspecified atom stereocenters. The summed E-state index contributed by atoms with van der Waals surface area (Å²) in [6.07, 6.45) is 0. The van der Waals surface area contributed by atoms with E-state index >= 15 is 0 Å². The Morgan fingerprint density at radius 1 is 1.00 bits per heavy atom. The molecule has 0 saturated carbocycles. The van der Waals surface area contributed by atoms with Crippen LogP contribution in [-0.2, 0) is 11.3 Å². The van der Waals surface area contributed by atoms with E-state index in [1.54, 1.807) is 0 Å². The molecular formula is C17H20BrNO2. The zero-order valence-corrected chi connectivity index (χ0v) is 14.1. The molecule has 2 aromatic carbocycles. The third-order valence-electron chi connectivity index (χ3n) is 3.22. The van der Waals surface area contributed by atoms with E-state index in [-0.39, 0.29) is 23.0 Å². The van der Waals surface area contributed by atoms with Crippen LogP contribution in [0.4, 0.5) is 5.69 Å². The lowest BCUT2D eigenvalue weighted by molar-refractivity contribution is -0.131. The van der Waals surface area contributed by atoms with Crippen molar-refractivity contribution in [2.24, 2.45) is 0 Å². The van der Waals surface area contributed by atoms with E-state index in [1.807, 2.05) is 30.3 Å². The van der Waals surface area contributed by atoms with E-state index in [1.165, 1.54) is 18.2 Å². The topological polar surface area (TPSA) is 26.3 Å². The molecule has 0 heterocycles. The minimum atomic E-state index is -0.296. The van der Waals surface area contributed by atoms with E-state index in [9.17, 15) is 4.79 Å². The van der Waals surface area contributed by atoms with Gasteiger partial charge in [0.15, 0.2) is 0 Å². The maximum Gasteiger partial charge on any atom is 0.308 e. The monoisotopic (exact) mass is 349 g/mol. The maximum absolute atomic E-state index is 10.9. The average molecular weight is 350 g/mol. The Kier molecular flexibility index (Phi) is 6.12. The van der Waals surface area contributed by atoms with Gasteiger partial charge in [0.1, 0.15) is 18.0 Å². The Morgan fingerprint density at radius 3 is 2.10 bits per heavy atom. The standard InChI is InChI=1S/C17H20NO2.BrH/c1-14(19)20-17-11-9-16(10-12-17)18(2,3)13-15-7-5-4-6-8-15;/h4-12H,13H2,1-3H3;1H/q+1;/p-1. The highest BCUT2D eigenvalue weighted by Gasteiger charge is 2.19. The Labute approximate surface area is 136 Å². The van der Waals surface area contributed by atoms with Crippen LogP contribution in [0.2, 0.25) is 0 Å². The second-order valence-corrected chi connectivity index (χ2v) is 5.42. The molecule has 0 amide bonds. The SMILES string of the molecule is CC(=O)Oc1ccc([N+](C)(C)Cc2ccccc2)cc1.[Br-]. The molecule has 0 fully saturated rings. The molecule has 0 N–H and O–H groups in total. The van der Waals surface area contributed by atoms with Gasteiger partial charge in [-0.3, -0.25) is 9.28 Å². The molecule has 4 heteroatoms. The van der Waals surface area contributed by atoms with Crippen molar-refractivity contribution < 1.29 is 26.5 Å². The number of carbonyl (C=O) groups excluding carboxylic acids is 1. The maximum atomic E-state index is 10.9. The lowest BCUT2D eigenvalue weighted by Crippen LogP contribution is -3.00. The van der Waals surface area contributed by atoms with Gasteiger partial charge in [-0.1, -0.05) is 30.3 Å². The van der Waals surface area contributed by atoms with Crippen molar-refractivity contribution in [3.8, 4) is 5.75 Å². The third kappa shape index (κ3) is 4.99. The number of esters is 1. The Balaban J connectivity index is 0.00000220. The number of quaternary nitrogens is 1. The first-order valence-corrected chi connectivity index (χ1v) is 6.63. The first-order chi connectivity index (χ1) is 9.47. The summed E-state index contributed by atoms with van der Waals surface area (Å²) in [5.41, 5.74) is 2.46. The van der Waals surface area contributed by atoms with Gasteiger partial charge in [-0.05, 0) is 12.1 Å². The molecule has 2 rings (SSSR count). The quantitative estimate of drug-likeness (QED) is 0.453. The van der Waals surface area contributed by atoms with Crippen LogP contribution in [-0.4, -0.2) is 20.1 Å². The second kappa shape index (κ2) is 7.38. The molecule has 0 aromatic heterocycles. The van der Waals surface area contributed by atoms with Crippen LogP contribution >= 0.6 is 0 Å². The number of hydrogen-bond acceptors (Lipinski definition) is 2. The van der Waals surface area contributed by atoms with Gasteiger partial charge in [-0.15, -0.1) is 0 Å². The van der Waals surface area contributed by atoms with Crippen molar-refractivity contribution in [1.29, 1.82) is 0 Å². The van der Waals surface area contributed by atoms with Gasteiger partial charge in [0.25, 0.3) is 0 Å². The molecule has 3 nitrogen and oxygen atoms in total. The Morgan fingerprint density at radius 2 is 1.57 bits per heavy atom. The number of halogens is 1. The smallest absolute Gasteiger partial charge is 0.308 e. The Hall–Kier alpha value is -1.65. The molecule has 0 radical (unpaired) electrons. The first-order valence-electron chi connectivity index (χ1n) is 6.63. The van der Waals surface area contributed by atoms with Crippen molar-refractivity contribution >= 4 is 11.7 Å². The van der Waals surface area contributed by atoms with Crippen molar-refractivity contribution in [3.05, 3.63) is 60.2 Å². The third-order valence-corrected chi connectivity index (χ3v) is 3.22. The summed E-state index contributed by atoms with van der Waals surface area (Å²) in [4.78, 5) is 10.9. The highest BCUT2D eigenvalue weighted by Crippen LogP contribution is 2.24. The fourth-order valence-corrected chi connectivity index (χ4v) is 2.21. The van der Waals surface area contributed by atoms with Crippen LogP contribution in [0.1, 0.15) is 12.5 Å². The first kappa shape index (κ1) is 17.4. The fraction of sp³-hybridized carbons (Fsp3) is 0.235. The molecule has 0 spiro atoms. The predicted octanol–water partition coefficient (Wildman–Crippen LogP) is 0.383. The molecule has 0 saturated heterocycles. The van der Waals surface area contributed by atoms with Crippen LogP contribution in [0.15, 0.2) is 54.6 Å². The van der Waals surface area contributed by atoms with E-state index in [0.29, 0.717) is 5.75 Å². The lowest BCUT2D eigenvalue weighted by Gasteiger charge is -2.29. The predicted molar refractivity (Wildman–Crippen MR) is 81.5 cm³/mol. The largest absolute Gasteiger partial charge is 1.00 e. The summed E-state index contributed by atoms with van der Waals surface area (Å²) in [5, 5.41) is 0. The van der Waals surface area contributed by atoms with Crippen LogP contribution in [0, 0.1) is 0 Å². The molecule has 0 aliphatic rings. The van der Waals surface area contributed by atoms with E-state index < -0.39 is 0 Å². The molecule has 0 aliphatic carbocycles. The zero-order valence-electron chi connectivity index (χ0n) is 12.5. The molecule has 0 aliphatic heterocycles. The second-order valence-electron chi connectivity index (χ2n) is 5.42. The molecule has 0 atom stereocenters. The molecule has 21 heavy (non-hydrogen) atoms. The summed E-state index contributed by atoms with van der Waals surface area (Å²) < 4.78 is 5.79. The number of carbonyl (C=O) groups is 1. The number of nitrogens with zero attached hydrogens (tertiary/aromatic N) is 1. The van der Waals surface area contributed by atoms with Crippen LogP contribution < -0.4 is 26.2 Å². The number of hydrogen-bond donors (Lipinski definition) is 0. The lowest BCUT2D eigenvalue weighted by atomic mass is 10.1. The fourth-order valence-electron chi connectivity index (χ4n) is 2.21. The highest BCUT2D eigenvalue weighted by molar-refractivity contribution is 5.69. The van der Waals surface area contributed by atoms with Gasteiger partial charge in [0.05, 0.1) is 14.1 Å². The van der Waals surface area contributed by atoms with Gasteiger partial charge < -0.3 is 21.7 Å². The molecule has 2 aromatic rings. The summed E-state index contributed by atoms with van der Waals surface area (Å²) >= 11 is 0. The summed E-state index contributed by atoms with van der Waals surface area (Å²) in [5.74, 6) is 0.289. The minimum absolute atomic E-state index is 0. The van der Waals surface area contributed by atoms with Gasteiger partial charge in [0.2, 0.25) is 0 Å². The van der Waals surface area contributed by atoms with Gasteiger partial charge in [0, 0.05) is 24.6 Å². The normalized spacial score (nSPS) is 10.6. The summed E-state index contributed by atoms with van der Waals surface area (Å²) in [6.45, 7) is 2.32. The van der Waals surface area contributed by atoms with Crippen molar-refractivity contribution in [1.82, 2.24) is 4.48 Å². The summed E-state index contributed by atoms with van der Waals surface area (Å²) in [7, 11) is 4.32. The van der Waals surface area contributed by atoms with E-state index in [0.717, 1.165) is 11.0 Å². The van der Waals surface area contributed by atoms with E-state index in [4.69, 9.17) is 4.74 Å². The number of rotatable bonds is 4. The number of benzene rings is 2. The van der Waals surface area contributed by atoms with Gasteiger partial charge in [-0.2, -0.15) is 0 Å². The molecule has 112 valence electrons. The van der Waals surface area contributed by atoms with Crippen LogP contribution in [0.3, 0.4) is 0 Å². The molecular weight excluding hydrogens is 330 g/mol. The summed E-state index contributed by atoms with van der Waals surface area (Å²) in [6, 6.07) is 18.1. The van der Waals surface area contributed by atoms with Crippen LogP contribution in [0.5, 0.6) is 5.75 Å². The van der Waals surface area contributed by atoms with Crippen molar-refractivity contribution in [2.75, 3.05) is 14.1 Å². The molecule has 0 bridgehead atoms. The van der Waals surface area contributed by atoms with Crippen molar-refractivity contribution in [3.63, 3.8) is 0 Å². The number of ether oxygens (including phenoxy) is 1. The van der Waals surface area contributed by atoms with Gasteiger partial charge >= 0.3 is 5.97 Å². The zero-order chi connectivity index (χ0) is 14.6. The Bertz CT molecular complexity index is 579.